The Morgan fingerprint density at radius 3 is 1.75 bits per heavy atom. The number of carbonyl (C=O) groups excluding carboxylic acids is 2. The molecule has 1 aromatic carbocycles. The molecule has 1 aromatic rings. The second kappa shape index (κ2) is 10.9. The summed E-state index contributed by atoms with van der Waals surface area (Å²) in [7, 11) is 0. The zero-order valence-electron chi connectivity index (χ0n) is 26.9. The predicted octanol–water partition coefficient (Wildman–Crippen LogP) is 7.15. The van der Waals surface area contributed by atoms with E-state index in [1.54, 1.807) is 0 Å². The second-order valence-corrected chi connectivity index (χ2v) is 15.4. The summed E-state index contributed by atoms with van der Waals surface area (Å²) in [5, 5.41) is 10.9. The van der Waals surface area contributed by atoms with Gasteiger partial charge in [-0.1, -0.05) is 93.0 Å². The molecule has 2 unspecified atom stereocenters. The number of phenolic OH excluding ortho intramolecular Hbond substituents is 1. The summed E-state index contributed by atoms with van der Waals surface area (Å²) >= 11 is 0. The Morgan fingerprint density at radius 1 is 0.850 bits per heavy atom. The minimum absolute atomic E-state index is 0.0372. The number of aryl methyl sites for hydroxylation is 1. The van der Waals surface area contributed by atoms with Crippen LogP contribution in [-0.2, 0) is 31.6 Å². The van der Waals surface area contributed by atoms with Gasteiger partial charge in [0.15, 0.2) is 0 Å². The quantitative estimate of drug-likeness (QED) is 0.327. The van der Waals surface area contributed by atoms with Gasteiger partial charge in [0, 0.05) is 12.8 Å². The lowest BCUT2D eigenvalue weighted by Gasteiger charge is -2.54. The van der Waals surface area contributed by atoms with Gasteiger partial charge in [-0.15, -0.1) is 0 Å². The lowest BCUT2D eigenvalue weighted by atomic mass is 9.64. The summed E-state index contributed by atoms with van der Waals surface area (Å²) in [6.45, 7) is 25.5. The first-order valence-electron chi connectivity index (χ1n) is 14.7. The van der Waals surface area contributed by atoms with Gasteiger partial charge in [0.25, 0.3) is 0 Å². The van der Waals surface area contributed by atoms with Crippen molar-refractivity contribution in [2.45, 2.75) is 125 Å². The van der Waals surface area contributed by atoms with Crippen molar-refractivity contribution in [2.75, 3.05) is 0 Å². The molecule has 1 saturated heterocycles. The van der Waals surface area contributed by atoms with Crippen LogP contribution in [0.3, 0.4) is 0 Å². The van der Waals surface area contributed by atoms with Crippen LogP contribution in [0.5, 0.6) is 5.75 Å². The fourth-order valence-corrected chi connectivity index (χ4v) is 5.97. The lowest BCUT2D eigenvalue weighted by molar-refractivity contribution is -0.137. The van der Waals surface area contributed by atoms with Crippen LogP contribution in [0.25, 0.3) is 0 Å². The van der Waals surface area contributed by atoms with Crippen LogP contribution in [0.2, 0.25) is 0 Å². The fraction of sp³-hybridized carbons (Fsp3) is 0.647. The monoisotopic (exact) mass is 552 g/mol. The van der Waals surface area contributed by atoms with Crippen molar-refractivity contribution in [3.8, 4) is 5.75 Å². The van der Waals surface area contributed by atoms with Gasteiger partial charge < -0.3 is 9.84 Å². The van der Waals surface area contributed by atoms with E-state index in [-0.39, 0.29) is 40.1 Å². The summed E-state index contributed by atoms with van der Waals surface area (Å²) < 4.78 is 6.18. The molecule has 0 radical (unpaired) electrons. The number of phenols is 1. The standard InChI is InChI=1S/C34H52N2O4/c1-20-22(19-25(33(8,9)10)30-28(20)34(11,12)40-30)14-16-27(38)36-35-26(37)15-13-21-17-23(31(2,3)4)29(39)24(18-21)32(5,6)7/h17-20,28,39H,13-16H2,1-12H3,(H,35,37)(H,36,38). The van der Waals surface area contributed by atoms with Crippen LogP contribution in [-0.4, -0.2) is 22.5 Å². The highest BCUT2D eigenvalue weighted by Crippen LogP contribution is 2.55. The van der Waals surface area contributed by atoms with Gasteiger partial charge in [-0.05, 0) is 71.1 Å². The van der Waals surface area contributed by atoms with Gasteiger partial charge in [0.05, 0.1) is 5.92 Å². The number of aromatic hydroxyl groups is 1. The van der Waals surface area contributed by atoms with E-state index in [4.69, 9.17) is 4.74 Å². The van der Waals surface area contributed by atoms with E-state index in [9.17, 15) is 14.7 Å². The maximum Gasteiger partial charge on any atom is 0.238 e. The van der Waals surface area contributed by atoms with Gasteiger partial charge in [-0.3, -0.25) is 20.4 Å². The molecule has 6 nitrogen and oxygen atoms in total. The van der Waals surface area contributed by atoms with E-state index in [1.165, 1.54) is 11.1 Å². The summed E-state index contributed by atoms with van der Waals surface area (Å²) in [5.74, 6) is 1.61. The van der Waals surface area contributed by atoms with Crippen molar-refractivity contribution in [1.82, 2.24) is 10.9 Å². The van der Waals surface area contributed by atoms with Crippen LogP contribution >= 0.6 is 0 Å². The number of fused-ring (bicyclic) bond motifs is 1. The smallest absolute Gasteiger partial charge is 0.238 e. The summed E-state index contributed by atoms with van der Waals surface area (Å²) in [5.41, 5.74) is 9.72. The molecule has 3 rings (SSSR count). The zero-order chi connectivity index (χ0) is 30.4. The highest BCUT2D eigenvalue weighted by molar-refractivity contribution is 5.82. The number of hydrogen-bond acceptors (Lipinski definition) is 4. The number of nitrogens with one attached hydrogen (secondary N) is 2. The molecule has 2 atom stereocenters. The van der Waals surface area contributed by atoms with Crippen molar-refractivity contribution < 1.29 is 19.4 Å². The van der Waals surface area contributed by atoms with E-state index in [2.05, 4.69) is 100 Å². The Morgan fingerprint density at radius 2 is 1.32 bits per heavy atom. The third-order valence-corrected chi connectivity index (χ3v) is 8.30. The molecule has 0 bridgehead atoms. The molecular weight excluding hydrogens is 500 g/mol. The number of ether oxygens (including phenoxy) is 1. The van der Waals surface area contributed by atoms with E-state index in [1.807, 2.05) is 12.1 Å². The molecule has 222 valence electrons. The normalized spacial score (nSPS) is 20.6. The summed E-state index contributed by atoms with van der Waals surface area (Å²) in [4.78, 5) is 25.3. The Labute approximate surface area is 242 Å². The molecule has 2 aliphatic rings. The van der Waals surface area contributed by atoms with Crippen LogP contribution in [0.15, 0.2) is 35.1 Å². The maximum atomic E-state index is 12.7. The molecule has 0 saturated carbocycles. The van der Waals surface area contributed by atoms with Crippen LogP contribution in [0.1, 0.15) is 119 Å². The zero-order valence-corrected chi connectivity index (χ0v) is 26.9. The van der Waals surface area contributed by atoms with Gasteiger partial charge in [-0.2, -0.15) is 0 Å². The predicted molar refractivity (Wildman–Crippen MR) is 162 cm³/mol. The minimum atomic E-state index is -0.239. The third-order valence-electron chi connectivity index (χ3n) is 8.30. The van der Waals surface area contributed by atoms with Crippen molar-refractivity contribution in [1.29, 1.82) is 0 Å². The molecule has 1 aliphatic heterocycles. The molecule has 6 heteroatoms. The number of rotatable bonds is 6. The first kappa shape index (κ1) is 31.8. The molecule has 0 spiro atoms. The Bertz CT molecular complexity index is 1180. The van der Waals surface area contributed by atoms with Crippen LogP contribution < -0.4 is 10.9 Å². The van der Waals surface area contributed by atoms with Crippen LogP contribution in [0, 0.1) is 17.3 Å². The van der Waals surface area contributed by atoms with Crippen LogP contribution in [0.4, 0.5) is 0 Å². The van der Waals surface area contributed by atoms with Crippen molar-refractivity contribution >= 4 is 11.8 Å². The molecule has 1 heterocycles. The van der Waals surface area contributed by atoms with Gasteiger partial charge in [0.1, 0.15) is 17.1 Å². The maximum absolute atomic E-state index is 12.7. The van der Waals surface area contributed by atoms with E-state index in [0.717, 1.165) is 22.4 Å². The first-order chi connectivity index (χ1) is 18.1. The van der Waals surface area contributed by atoms with E-state index < -0.39 is 0 Å². The molecule has 2 amide bonds. The fourth-order valence-electron chi connectivity index (χ4n) is 5.97. The number of allylic oxidation sites excluding steroid dienone is 3. The van der Waals surface area contributed by atoms with Crippen molar-refractivity contribution in [3.05, 3.63) is 51.8 Å². The van der Waals surface area contributed by atoms with E-state index in [0.29, 0.717) is 36.8 Å². The molecular formula is C34H52N2O4. The number of hydrogen-bond donors (Lipinski definition) is 3. The third kappa shape index (κ3) is 6.92. The highest BCUT2D eigenvalue weighted by atomic mass is 16.5. The van der Waals surface area contributed by atoms with E-state index >= 15 is 0 Å². The molecule has 1 aliphatic carbocycles. The van der Waals surface area contributed by atoms with Gasteiger partial charge in [-0.25, -0.2) is 0 Å². The second-order valence-electron chi connectivity index (χ2n) is 15.4. The largest absolute Gasteiger partial charge is 0.507 e. The SMILES string of the molecule is CC1C(CCC(=O)NNC(=O)CCc2cc(C(C)(C)C)c(O)c(C(C)(C)C)c2)=CC(C(C)(C)C)=C2OC(C)(C)C21. The summed E-state index contributed by atoms with van der Waals surface area (Å²) in [6.07, 6.45) is 3.93. The van der Waals surface area contributed by atoms with Crippen molar-refractivity contribution in [3.63, 3.8) is 0 Å². The van der Waals surface area contributed by atoms with Crippen molar-refractivity contribution in [2.24, 2.45) is 17.3 Å². The number of amides is 2. The first-order valence-corrected chi connectivity index (χ1v) is 14.7. The Hall–Kier alpha value is -2.76. The Balaban J connectivity index is 1.58. The lowest BCUT2D eigenvalue weighted by Crippen LogP contribution is -2.52. The minimum Gasteiger partial charge on any atom is -0.507 e. The Kier molecular flexibility index (Phi) is 8.66. The number of carbonyl (C=O) groups is 2. The summed E-state index contributed by atoms with van der Waals surface area (Å²) in [6, 6.07) is 3.99. The van der Waals surface area contributed by atoms with Gasteiger partial charge in [0.2, 0.25) is 11.8 Å². The topological polar surface area (TPSA) is 87.7 Å². The van der Waals surface area contributed by atoms with Gasteiger partial charge >= 0.3 is 0 Å². The average Bonchev–Trinajstić information content (AvgIpc) is 2.78. The average molecular weight is 553 g/mol. The molecule has 3 N–H and O–H groups in total. The molecule has 1 fully saturated rings. The molecule has 40 heavy (non-hydrogen) atoms. The molecule has 0 aromatic heterocycles. The highest BCUT2D eigenvalue weighted by Gasteiger charge is 2.53. The number of benzene rings is 1. The number of hydrazine groups is 1.